The molecule has 1 fully saturated rings. The van der Waals surface area contributed by atoms with E-state index < -0.39 is 0 Å². The summed E-state index contributed by atoms with van der Waals surface area (Å²) in [7, 11) is 2.06. The minimum absolute atomic E-state index is 0.0700. The monoisotopic (exact) mass is 303 g/mol. The fourth-order valence-electron chi connectivity index (χ4n) is 2.97. The molecule has 1 heterocycles. The number of hydrogen-bond donors (Lipinski definition) is 2. The van der Waals surface area contributed by atoms with E-state index in [4.69, 9.17) is 0 Å². The number of hydrogen-bond acceptors (Lipinski definition) is 3. The van der Waals surface area contributed by atoms with E-state index in [2.05, 4.69) is 48.6 Å². The lowest BCUT2D eigenvalue weighted by Gasteiger charge is -2.26. The molecule has 0 spiro atoms. The van der Waals surface area contributed by atoms with Gasteiger partial charge in [-0.1, -0.05) is 26.0 Å². The molecule has 2 N–H and O–H groups in total. The van der Waals surface area contributed by atoms with Gasteiger partial charge in [-0.15, -0.1) is 0 Å². The maximum absolute atomic E-state index is 12.3. The molecular weight excluding hydrogens is 274 g/mol. The highest BCUT2D eigenvalue weighted by Gasteiger charge is 2.18. The molecule has 4 heteroatoms. The number of carbonyl (C=O) groups excluding carboxylic acids is 1. The highest BCUT2D eigenvalue weighted by Crippen LogP contribution is 2.18. The van der Waals surface area contributed by atoms with Crippen LogP contribution in [0.4, 0.5) is 5.69 Å². The van der Waals surface area contributed by atoms with Crippen LogP contribution in [0, 0.1) is 0 Å². The van der Waals surface area contributed by atoms with Gasteiger partial charge >= 0.3 is 0 Å². The second kappa shape index (κ2) is 8.30. The SMILES string of the molecule is CC(C)c1cccc(NC(=O)CN(C)C2CCCNCC2)c1. The van der Waals surface area contributed by atoms with Crippen LogP contribution < -0.4 is 10.6 Å². The zero-order valence-electron chi connectivity index (χ0n) is 14.1. The molecule has 0 aliphatic carbocycles. The zero-order chi connectivity index (χ0) is 15.9. The van der Waals surface area contributed by atoms with E-state index in [9.17, 15) is 4.79 Å². The van der Waals surface area contributed by atoms with E-state index >= 15 is 0 Å². The Kier molecular flexibility index (Phi) is 6.40. The molecule has 1 atom stereocenters. The molecule has 1 saturated heterocycles. The molecule has 0 radical (unpaired) electrons. The van der Waals surface area contributed by atoms with Crippen LogP contribution in [0.15, 0.2) is 24.3 Å². The molecule has 1 aromatic rings. The van der Waals surface area contributed by atoms with Gasteiger partial charge in [0.15, 0.2) is 0 Å². The lowest BCUT2D eigenvalue weighted by molar-refractivity contribution is -0.117. The van der Waals surface area contributed by atoms with Gasteiger partial charge in [-0.2, -0.15) is 0 Å². The smallest absolute Gasteiger partial charge is 0.238 e. The Hall–Kier alpha value is -1.39. The first kappa shape index (κ1) is 17.0. The van der Waals surface area contributed by atoms with E-state index in [1.54, 1.807) is 0 Å². The summed E-state index contributed by atoms with van der Waals surface area (Å²) in [4.78, 5) is 14.5. The highest BCUT2D eigenvalue weighted by atomic mass is 16.2. The van der Waals surface area contributed by atoms with Crippen molar-refractivity contribution in [2.24, 2.45) is 0 Å². The molecular formula is C18H29N3O. The van der Waals surface area contributed by atoms with E-state index in [0.29, 0.717) is 18.5 Å². The third kappa shape index (κ3) is 5.11. The number of nitrogens with zero attached hydrogens (tertiary/aromatic N) is 1. The Morgan fingerprint density at radius 3 is 2.95 bits per heavy atom. The van der Waals surface area contributed by atoms with Crippen LogP contribution in [-0.4, -0.2) is 43.5 Å². The minimum Gasteiger partial charge on any atom is -0.325 e. The van der Waals surface area contributed by atoms with Crippen LogP contribution >= 0.6 is 0 Å². The maximum Gasteiger partial charge on any atom is 0.238 e. The van der Waals surface area contributed by atoms with E-state index in [-0.39, 0.29) is 5.91 Å². The summed E-state index contributed by atoms with van der Waals surface area (Å²) in [5.41, 5.74) is 2.15. The molecule has 0 saturated carbocycles. The van der Waals surface area contributed by atoms with Crippen molar-refractivity contribution >= 4 is 11.6 Å². The van der Waals surface area contributed by atoms with Gasteiger partial charge < -0.3 is 10.6 Å². The molecule has 1 unspecified atom stereocenters. The average molecular weight is 303 g/mol. The van der Waals surface area contributed by atoms with Crippen LogP contribution in [0.2, 0.25) is 0 Å². The largest absolute Gasteiger partial charge is 0.325 e. The fraction of sp³-hybridized carbons (Fsp3) is 0.611. The third-order valence-electron chi connectivity index (χ3n) is 4.40. The molecule has 1 amide bonds. The Labute approximate surface area is 134 Å². The Morgan fingerprint density at radius 2 is 2.18 bits per heavy atom. The third-order valence-corrected chi connectivity index (χ3v) is 4.40. The average Bonchev–Trinajstić information content (AvgIpc) is 2.76. The molecule has 22 heavy (non-hydrogen) atoms. The van der Waals surface area contributed by atoms with E-state index in [1.807, 2.05) is 12.1 Å². The fourth-order valence-corrected chi connectivity index (χ4v) is 2.97. The summed E-state index contributed by atoms with van der Waals surface area (Å²) in [6.07, 6.45) is 3.47. The molecule has 4 nitrogen and oxygen atoms in total. The Morgan fingerprint density at radius 1 is 1.36 bits per heavy atom. The van der Waals surface area contributed by atoms with Crippen molar-refractivity contribution < 1.29 is 4.79 Å². The summed E-state index contributed by atoms with van der Waals surface area (Å²) in [5, 5.41) is 6.44. The predicted octanol–water partition coefficient (Wildman–Crippen LogP) is 2.82. The van der Waals surface area contributed by atoms with Crippen molar-refractivity contribution in [3.8, 4) is 0 Å². The first-order chi connectivity index (χ1) is 10.6. The number of benzene rings is 1. The van der Waals surface area contributed by atoms with Crippen molar-refractivity contribution in [3.05, 3.63) is 29.8 Å². The van der Waals surface area contributed by atoms with Crippen molar-refractivity contribution in [3.63, 3.8) is 0 Å². The van der Waals surface area contributed by atoms with Gasteiger partial charge in [0.1, 0.15) is 0 Å². The number of carbonyl (C=O) groups is 1. The van der Waals surface area contributed by atoms with Crippen LogP contribution in [0.5, 0.6) is 0 Å². The molecule has 0 aromatic heterocycles. The van der Waals surface area contributed by atoms with E-state index in [1.165, 1.54) is 18.4 Å². The number of amides is 1. The van der Waals surface area contributed by atoms with Crippen LogP contribution in [0.3, 0.4) is 0 Å². The summed E-state index contributed by atoms with van der Waals surface area (Å²) in [5.74, 6) is 0.540. The van der Waals surface area contributed by atoms with Gasteiger partial charge in [-0.05, 0) is 63.0 Å². The maximum atomic E-state index is 12.3. The quantitative estimate of drug-likeness (QED) is 0.879. The first-order valence-electron chi connectivity index (χ1n) is 8.37. The van der Waals surface area contributed by atoms with Gasteiger partial charge in [0.05, 0.1) is 6.54 Å². The van der Waals surface area contributed by atoms with Gasteiger partial charge in [-0.25, -0.2) is 0 Å². The van der Waals surface area contributed by atoms with Gasteiger partial charge in [-0.3, -0.25) is 9.69 Å². The second-order valence-corrected chi connectivity index (χ2v) is 6.58. The topological polar surface area (TPSA) is 44.4 Å². The standard InChI is InChI=1S/C18H29N3O/c1-14(2)15-6-4-7-16(12-15)20-18(22)13-21(3)17-8-5-10-19-11-9-17/h4,6-7,12,14,17,19H,5,8-11,13H2,1-3H3,(H,20,22). The first-order valence-corrected chi connectivity index (χ1v) is 8.37. The molecule has 0 bridgehead atoms. The molecule has 1 aliphatic rings. The number of anilines is 1. The molecule has 122 valence electrons. The highest BCUT2D eigenvalue weighted by molar-refractivity contribution is 5.92. The number of rotatable bonds is 5. The minimum atomic E-state index is 0.0700. The lowest BCUT2D eigenvalue weighted by Crippen LogP contribution is -2.38. The Bertz CT molecular complexity index is 479. The second-order valence-electron chi connectivity index (χ2n) is 6.58. The van der Waals surface area contributed by atoms with Crippen LogP contribution in [0.25, 0.3) is 0 Å². The molecule has 1 aromatic carbocycles. The van der Waals surface area contributed by atoms with Crippen molar-refractivity contribution in [1.82, 2.24) is 10.2 Å². The van der Waals surface area contributed by atoms with Crippen LogP contribution in [0.1, 0.15) is 44.6 Å². The zero-order valence-corrected chi connectivity index (χ0v) is 14.1. The summed E-state index contributed by atoms with van der Waals surface area (Å²) in [6, 6.07) is 8.64. The molecule has 1 aliphatic heterocycles. The summed E-state index contributed by atoms with van der Waals surface area (Å²) >= 11 is 0. The normalized spacial score (nSPS) is 19.2. The molecule has 2 rings (SSSR count). The van der Waals surface area contributed by atoms with Gasteiger partial charge in [0.2, 0.25) is 5.91 Å². The van der Waals surface area contributed by atoms with Crippen molar-refractivity contribution in [2.75, 3.05) is 32.0 Å². The summed E-state index contributed by atoms with van der Waals surface area (Å²) in [6.45, 7) is 6.92. The van der Waals surface area contributed by atoms with Crippen molar-refractivity contribution in [2.45, 2.75) is 45.1 Å². The van der Waals surface area contributed by atoms with Gasteiger partial charge in [0.25, 0.3) is 0 Å². The van der Waals surface area contributed by atoms with Crippen molar-refractivity contribution in [1.29, 1.82) is 0 Å². The number of nitrogens with one attached hydrogen (secondary N) is 2. The number of likely N-dealkylation sites (N-methyl/N-ethyl adjacent to an activating group) is 1. The predicted molar refractivity (Wildman–Crippen MR) is 92.3 cm³/mol. The Balaban J connectivity index is 1.87. The van der Waals surface area contributed by atoms with Gasteiger partial charge in [0, 0.05) is 11.7 Å². The summed E-state index contributed by atoms with van der Waals surface area (Å²) < 4.78 is 0. The lowest BCUT2D eigenvalue weighted by atomic mass is 10.0. The van der Waals surface area contributed by atoms with E-state index in [0.717, 1.165) is 25.2 Å². The van der Waals surface area contributed by atoms with Crippen LogP contribution in [-0.2, 0) is 4.79 Å².